The van der Waals surface area contributed by atoms with Crippen LogP contribution in [0.4, 0.5) is 0 Å². The lowest BCUT2D eigenvalue weighted by Crippen LogP contribution is -2.03. The second kappa shape index (κ2) is 15.8. The van der Waals surface area contributed by atoms with Gasteiger partial charge in [0.1, 0.15) is 23.2 Å². The van der Waals surface area contributed by atoms with Gasteiger partial charge in [0.15, 0.2) is 0 Å². The molecule has 35 heavy (non-hydrogen) atoms. The van der Waals surface area contributed by atoms with Crippen LogP contribution in [0.25, 0.3) is 23.0 Å². The SMILES string of the molecule is N#Cc1ccccn1.O=C(O)c1ccnc(-c2nnc(-c3ccccn3)nn2)c1.O=C=O.O=C=O. The van der Waals surface area contributed by atoms with E-state index in [-0.39, 0.29) is 29.5 Å². The first-order valence-corrected chi connectivity index (χ1v) is 8.98. The number of rotatable bonds is 3. The molecule has 0 spiro atoms. The highest BCUT2D eigenvalue weighted by Gasteiger charge is 2.10. The molecule has 0 aliphatic carbocycles. The maximum absolute atomic E-state index is 10.9. The third kappa shape index (κ3) is 9.85. The van der Waals surface area contributed by atoms with Crippen molar-refractivity contribution >= 4 is 18.3 Å². The molecular formula is C21H12N8O6. The monoisotopic (exact) mass is 472 g/mol. The second-order valence-corrected chi connectivity index (χ2v) is 5.49. The van der Waals surface area contributed by atoms with Gasteiger partial charge >= 0.3 is 18.3 Å². The van der Waals surface area contributed by atoms with E-state index in [0.717, 1.165) is 0 Å². The minimum absolute atomic E-state index is 0.0948. The van der Waals surface area contributed by atoms with Gasteiger partial charge in [-0.25, -0.2) is 9.78 Å². The van der Waals surface area contributed by atoms with Gasteiger partial charge < -0.3 is 5.11 Å². The van der Waals surface area contributed by atoms with Gasteiger partial charge in [-0.3, -0.25) is 9.97 Å². The van der Waals surface area contributed by atoms with E-state index in [1.165, 1.54) is 18.3 Å². The molecule has 4 aromatic rings. The van der Waals surface area contributed by atoms with Crippen LogP contribution in [-0.2, 0) is 19.2 Å². The topological polar surface area (TPSA) is 220 Å². The average Bonchev–Trinajstić information content (AvgIpc) is 2.91. The maximum Gasteiger partial charge on any atom is 0.373 e. The maximum atomic E-state index is 10.9. The van der Waals surface area contributed by atoms with Gasteiger partial charge in [0, 0.05) is 18.6 Å². The van der Waals surface area contributed by atoms with Crippen LogP contribution in [0.5, 0.6) is 0 Å². The summed E-state index contributed by atoms with van der Waals surface area (Å²) in [7, 11) is 0. The molecule has 4 rings (SSSR count). The van der Waals surface area contributed by atoms with Crippen LogP contribution in [0.2, 0.25) is 0 Å². The normalized spacial score (nSPS) is 8.43. The number of pyridine rings is 3. The van der Waals surface area contributed by atoms with E-state index >= 15 is 0 Å². The lowest BCUT2D eigenvalue weighted by Gasteiger charge is -2.00. The molecule has 0 aromatic carbocycles. The van der Waals surface area contributed by atoms with Gasteiger partial charge in [0.25, 0.3) is 0 Å². The molecule has 4 heterocycles. The fourth-order valence-electron chi connectivity index (χ4n) is 2.04. The molecule has 4 aromatic heterocycles. The van der Waals surface area contributed by atoms with E-state index < -0.39 is 5.97 Å². The number of nitrogens with zero attached hydrogens (tertiary/aromatic N) is 8. The van der Waals surface area contributed by atoms with Crippen molar-refractivity contribution in [3.8, 4) is 29.1 Å². The van der Waals surface area contributed by atoms with Crippen molar-refractivity contribution < 1.29 is 29.1 Å². The van der Waals surface area contributed by atoms with Crippen LogP contribution in [0.3, 0.4) is 0 Å². The molecule has 0 radical (unpaired) electrons. The van der Waals surface area contributed by atoms with Gasteiger partial charge in [-0.15, -0.1) is 20.4 Å². The van der Waals surface area contributed by atoms with E-state index in [2.05, 4.69) is 35.3 Å². The highest BCUT2D eigenvalue weighted by atomic mass is 16.4. The van der Waals surface area contributed by atoms with Crippen molar-refractivity contribution in [1.29, 1.82) is 5.26 Å². The van der Waals surface area contributed by atoms with Gasteiger partial charge in [-0.05, 0) is 36.4 Å². The quantitative estimate of drug-likeness (QED) is 0.437. The summed E-state index contributed by atoms with van der Waals surface area (Å²) in [4.78, 5) is 55.3. The molecule has 0 saturated carbocycles. The lowest BCUT2D eigenvalue weighted by molar-refractivity contribution is -0.193. The Hall–Kier alpha value is -5.89. The van der Waals surface area contributed by atoms with Crippen LogP contribution in [0.1, 0.15) is 16.1 Å². The molecule has 0 unspecified atom stereocenters. The first-order valence-electron chi connectivity index (χ1n) is 8.98. The number of carbonyl (C=O) groups is 1. The van der Waals surface area contributed by atoms with Crippen molar-refractivity contribution in [2.75, 3.05) is 0 Å². The van der Waals surface area contributed by atoms with Crippen LogP contribution in [0.15, 0.2) is 67.1 Å². The number of carbonyl (C=O) groups excluding carboxylic acids is 4. The third-order valence-corrected chi connectivity index (χ3v) is 3.39. The van der Waals surface area contributed by atoms with E-state index in [1.807, 2.05) is 6.07 Å². The summed E-state index contributed by atoms with van der Waals surface area (Å²) in [5.74, 6) is -0.615. The molecule has 0 amide bonds. The van der Waals surface area contributed by atoms with E-state index in [0.29, 0.717) is 17.1 Å². The molecule has 0 aliphatic heterocycles. The van der Waals surface area contributed by atoms with Crippen LogP contribution < -0.4 is 0 Å². The highest BCUT2D eigenvalue weighted by molar-refractivity contribution is 5.88. The largest absolute Gasteiger partial charge is 0.478 e. The van der Waals surface area contributed by atoms with Crippen molar-refractivity contribution in [3.05, 3.63) is 78.4 Å². The zero-order chi connectivity index (χ0) is 25.9. The fraction of sp³-hybridized carbons (Fsp3) is 0. The Labute approximate surface area is 196 Å². The zero-order valence-corrected chi connectivity index (χ0v) is 17.4. The number of nitriles is 1. The fourth-order valence-corrected chi connectivity index (χ4v) is 2.04. The van der Waals surface area contributed by atoms with Crippen LogP contribution in [0, 0.1) is 11.3 Å². The van der Waals surface area contributed by atoms with Gasteiger partial charge in [-0.2, -0.15) is 24.4 Å². The average molecular weight is 472 g/mol. The predicted octanol–water partition coefficient (Wildman–Crippen LogP) is 0.875. The van der Waals surface area contributed by atoms with E-state index in [4.69, 9.17) is 29.5 Å². The third-order valence-electron chi connectivity index (χ3n) is 3.39. The summed E-state index contributed by atoms with van der Waals surface area (Å²) in [6.45, 7) is 0. The standard InChI is InChI=1S/C13H8N6O2.C6H4N2.2CO2/c20-13(21)8-4-6-15-10(7-8)12-18-16-11(17-19-12)9-3-1-2-5-14-9;7-5-6-3-1-2-4-8-6;2*2-1-3/h1-7H,(H,20,21);1-4H;;. The number of carboxylic acids is 1. The molecule has 0 fully saturated rings. The number of hydrogen-bond donors (Lipinski definition) is 1. The summed E-state index contributed by atoms with van der Waals surface area (Å²) >= 11 is 0. The Bertz CT molecular complexity index is 1310. The molecule has 14 nitrogen and oxygen atoms in total. The Morgan fingerprint density at radius 3 is 1.66 bits per heavy atom. The number of aromatic nitrogens is 7. The molecule has 0 atom stereocenters. The summed E-state index contributed by atoms with van der Waals surface area (Å²) in [6, 6.07) is 15.2. The Morgan fingerprint density at radius 1 is 0.714 bits per heavy atom. The molecule has 1 N–H and O–H groups in total. The molecular weight excluding hydrogens is 460 g/mol. The van der Waals surface area contributed by atoms with Gasteiger partial charge in [0.05, 0.1) is 5.56 Å². The summed E-state index contributed by atoms with van der Waals surface area (Å²) < 4.78 is 0. The van der Waals surface area contributed by atoms with Crippen molar-refractivity contribution in [2.45, 2.75) is 0 Å². The van der Waals surface area contributed by atoms with Gasteiger partial charge in [-0.1, -0.05) is 12.1 Å². The van der Waals surface area contributed by atoms with E-state index in [9.17, 15) is 4.79 Å². The van der Waals surface area contributed by atoms with Gasteiger partial charge in [0.2, 0.25) is 11.6 Å². The van der Waals surface area contributed by atoms with Crippen LogP contribution in [-0.4, -0.2) is 58.7 Å². The van der Waals surface area contributed by atoms with Crippen molar-refractivity contribution in [2.24, 2.45) is 0 Å². The minimum Gasteiger partial charge on any atom is -0.478 e. The minimum atomic E-state index is -1.05. The van der Waals surface area contributed by atoms with E-state index in [1.54, 1.807) is 48.8 Å². The number of aromatic carboxylic acids is 1. The number of hydrogen-bond acceptors (Lipinski definition) is 13. The first kappa shape index (κ1) is 27.1. The predicted molar refractivity (Wildman–Crippen MR) is 110 cm³/mol. The summed E-state index contributed by atoms with van der Waals surface area (Å²) in [6.07, 6.45) is 5.08. The molecule has 14 heteroatoms. The molecule has 0 bridgehead atoms. The van der Waals surface area contributed by atoms with Crippen molar-refractivity contribution in [3.63, 3.8) is 0 Å². The lowest BCUT2D eigenvalue weighted by atomic mass is 10.2. The Kier molecular flexibility index (Phi) is 12.3. The highest BCUT2D eigenvalue weighted by Crippen LogP contribution is 2.13. The summed E-state index contributed by atoms with van der Waals surface area (Å²) in [5.41, 5.74) is 1.41. The van der Waals surface area contributed by atoms with Crippen LogP contribution >= 0.6 is 0 Å². The zero-order valence-electron chi connectivity index (χ0n) is 17.4. The van der Waals surface area contributed by atoms with Crippen molar-refractivity contribution in [1.82, 2.24) is 35.3 Å². The number of carboxylic acid groups (broad SMARTS) is 1. The summed E-state index contributed by atoms with van der Waals surface area (Å²) in [5, 5.41) is 32.8. The Balaban J connectivity index is 0.000000361. The molecule has 0 aliphatic rings. The first-order chi connectivity index (χ1) is 17.0. The second-order valence-electron chi connectivity index (χ2n) is 5.49. The Morgan fingerprint density at radius 2 is 1.23 bits per heavy atom. The smallest absolute Gasteiger partial charge is 0.373 e. The molecule has 0 saturated heterocycles. The molecule has 172 valence electrons.